The molecule has 144 valence electrons. The number of carbonyl (C=O) groups is 2. The van der Waals surface area contributed by atoms with Gasteiger partial charge in [-0.15, -0.1) is 0 Å². The van der Waals surface area contributed by atoms with Gasteiger partial charge in [-0.3, -0.25) is 4.79 Å². The first kappa shape index (κ1) is 20.7. The largest absolute Gasteiger partial charge is 0.467 e. The maximum Gasteiger partial charge on any atom is 0.328 e. The van der Waals surface area contributed by atoms with Crippen LogP contribution in [0.1, 0.15) is 53.4 Å². The molecule has 2 aromatic rings. The van der Waals surface area contributed by atoms with Gasteiger partial charge in [0, 0.05) is 12.0 Å². The van der Waals surface area contributed by atoms with Crippen LogP contribution in [0.4, 0.5) is 0 Å². The number of hydrogen-bond donors (Lipinski definition) is 1. The summed E-state index contributed by atoms with van der Waals surface area (Å²) in [4.78, 5) is 24.8. The van der Waals surface area contributed by atoms with Crippen LogP contribution in [0.3, 0.4) is 0 Å². The molecule has 0 unspecified atom stereocenters. The first-order chi connectivity index (χ1) is 12.6. The van der Waals surface area contributed by atoms with E-state index >= 15 is 0 Å². The topological polar surface area (TPSA) is 55.4 Å². The molecule has 4 nitrogen and oxygen atoms in total. The Bertz CT molecular complexity index is 817. The van der Waals surface area contributed by atoms with Crippen LogP contribution < -0.4 is 5.32 Å². The maximum atomic E-state index is 12.6. The van der Waals surface area contributed by atoms with Gasteiger partial charge in [-0.25, -0.2) is 4.79 Å². The molecule has 2 rings (SSSR count). The van der Waals surface area contributed by atoms with Gasteiger partial charge in [0.2, 0.25) is 0 Å². The molecule has 0 bridgehead atoms. The van der Waals surface area contributed by atoms with Crippen molar-refractivity contribution in [2.75, 3.05) is 7.11 Å². The summed E-state index contributed by atoms with van der Waals surface area (Å²) in [5.74, 6) is -0.734. The van der Waals surface area contributed by atoms with Gasteiger partial charge in [0.05, 0.1) is 7.11 Å². The molecule has 0 saturated carbocycles. The van der Waals surface area contributed by atoms with Crippen molar-refractivity contribution in [1.82, 2.24) is 5.32 Å². The number of benzene rings is 2. The van der Waals surface area contributed by atoms with Crippen LogP contribution in [0.25, 0.3) is 0 Å². The highest BCUT2D eigenvalue weighted by molar-refractivity contribution is 5.96. The molecule has 0 aliphatic heterocycles. The lowest BCUT2D eigenvalue weighted by atomic mass is 9.86. The smallest absolute Gasteiger partial charge is 0.328 e. The summed E-state index contributed by atoms with van der Waals surface area (Å²) in [7, 11) is 1.33. The summed E-state index contributed by atoms with van der Waals surface area (Å²) >= 11 is 0. The Morgan fingerprint density at radius 2 is 1.63 bits per heavy atom. The summed E-state index contributed by atoms with van der Waals surface area (Å²) in [5, 5.41) is 2.81. The van der Waals surface area contributed by atoms with Crippen molar-refractivity contribution in [1.29, 1.82) is 0 Å². The zero-order valence-corrected chi connectivity index (χ0v) is 17.1. The van der Waals surface area contributed by atoms with Crippen molar-refractivity contribution in [2.24, 2.45) is 0 Å². The van der Waals surface area contributed by atoms with Crippen LogP contribution >= 0.6 is 0 Å². The number of rotatable bonds is 5. The van der Waals surface area contributed by atoms with Gasteiger partial charge in [0.25, 0.3) is 5.91 Å². The molecule has 27 heavy (non-hydrogen) atoms. The molecule has 2 aromatic carbocycles. The lowest BCUT2D eigenvalue weighted by molar-refractivity contribution is -0.142. The minimum absolute atomic E-state index is 0.0207. The molecule has 1 amide bonds. The van der Waals surface area contributed by atoms with Crippen molar-refractivity contribution in [3.05, 3.63) is 70.3 Å². The predicted molar refractivity (Wildman–Crippen MR) is 108 cm³/mol. The molecule has 0 fully saturated rings. The minimum atomic E-state index is -0.730. The quantitative estimate of drug-likeness (QED) is 0.809. The van der Waals surface area contributed by atoms with E-state index in [1.165, 1.54) is 12.7 Å². The minimum Gasteiger partial charge on any atom is -0.467 e. The predicted octanol–water partition coefficient (Wildman–Crippen LogP) is 4.12. The molecular formula is C23H29NO3. The van der Waals surface area contributed by atoms with Crippen molar-refractivity contribution in [3.63, 3.8) is 0 Å². The van der Waals surface area contributed by atoms with Gasteiger partial charge >= 0.3 is 5.97 Å². The number of esters is 1. The summed E-state index contributed by atoms with van der Waals surface area (Å²) < 4.78 is 4.89. The van der Waals surface area contributed by atoms with Gasteiger partial charge in [-0.2, -0.15) is 0 Å². The zero-order valence-electron chi connectivity index (χ0n) is 17.1. The third-order valence-corrected chi connectivity index (χ3v) is 4.82. The maximum absolute atomic E-state index is 12.6. The normalized spacial score (nSPS) is 12.4. The Hall–Kier alpha value is -2.62. The fourth-order valence-corrected chi connectivity index (χ4v) is 2.86. The standard InChI is InChI=1S/C23H29NO3/c1-15-7-8-17(13-16(15)2)14-20(22(26)27-6)24-21(25)18-9-11-19(12-10-18)23(3,4)5/h7-13,20H,14H2,1-6H3,(H,24,25)/t20-/m0/s1. The third kappa shape index (κ3) is 5.43. The number of methoxy groups -OCH3 is 1. The van der Waals surface area contributed by atoms with Crippen LogP contribution in [-0.2, 0) is 21.4 Å². The molecular weight excluding hydrogens is 338 g/mol. The number of ether oxygens (including phenoxy) is 1. The molecule has 0 aliphatic carbocycles. The Labute approximate surface area is 161 Å². The van der Waals surface area contributed by atoms with E-state index in [2.05, 4.69) is 26.1 Å². The molecule has 0 aromatic heterocycles. The highest BCUT2D eigenvalue weighted by atomic mass is 16.5. The number of nitrogens with one attached hydrogen (secondary N) is 1. The summed E-state index contributed by atoms with van der Waals surface area (Å²) in [5.41, 5.74) is 5.02. The SMILES string of the molecule is COC(=O)[C@H](Cc1ccc(C)c(C)c1)NC(=O)c1ccc(C(C)(C)C)cc1. The number of carbonyl (C=O) groups excluding carboxylic acids is 2. The fourth-order valence-electron chi connectivity index (χ4n) is 2.86. The Morgan fingerprint density at radius 3 is 2.15 bits per heavy atom. The summed E-state index contributed by atoms with van der Waals surface area (Å²) in [6, 6.07) is 12.8. The van der Waals surface area contributed by atoms with E-state index in [9.17, 15) is 9.59 Å². The Kier molecular flexibility index (Phi) is 6.42. The first-order valence-corrected chi connectivity index (χ1v) is 9.17. The number of aryl methyl sites for hydroxylation is 2. The molecule has 1 atom stereocenters. The third-order valence-electron chi connectivity index (χ3n) is 4.82. The molecule has 0 spiro atoms. The second kappa shape index (κ2) is 8.38. The van der Waals surface area contributed by atoms with E-state index in [0.717, 1.165) is 16.7 Å². The molecule has 0 heterocycles. The second-order valence-corrected chi connectivity index (χ2v) is 8.00. The zero-order chi connectivity index (χ0) is 20.2. The number of hydrogen-bond acceptors (Lipinski definition) is 3. The highest BCUT2D eigenvalue weighted by Crippen LogP contribution is 2.22. The lowest BCUT2D eigenvalue weighted by Crippen LogP contribution is -2.43. The summed E-state index contributed by atoms with van der Waals surface area (Å²) in [6.45, 7) is 10.4. The van der Waals surface area contributed by atoms with Gasteiger partial charge < -0.3 is 10.1 Å². The van der Waals surface area contributed by atoms with Crippen LogP contribution in [0.5, 0.6) is 0 Å². The molecule has 4 heteroatoms. The average Bonchev–Trinajstić information content (AvgIpc) is 2.62. The van der Waals surface area contributed by atoms with Crippen LogP contribution in [0.15, 0.2) is 42.5 Å². The van der Waals surface area contributed by atoms with E-state index in [0.29, 0.717) is 12.0 Å². The van der Waals surface area contributed by atoms with E-state index in [-0.39, 0.29) is 11.3 Å². The Balaban J connectivity index is 2.16. The molecule has 0 saturated heterocycles. The highest BCUT2D eigenvalue weighted by Gasteiger charge is 2.23. The van der Waals surface area contributed by atoms with Gasteiger partial charge in [0.15, 0.2) is 0 Å². The van der Waals surface area contributed by atoms with Crippen molar-refractivity contribution >= 4 is 11.9 Å². The van der Waals surface area contributed by atoms with E-state index in [4.69, 9.17) is 4.74 Å². The fraction of sp³-hybridized carbons (Fsp3) is 0.391. The molecule has 0 aliphatic rings. The average molecular weight is 367 g/mol. The number of amides is 1. The van der Waals surface area contributed by atoms with E-state index < -0.39 is 12.0 Å². The molecule has 0 radical (unpaired) electrons. The van der Waals surface area contributed by atoms with Crippen LogP contribution in [-0.4, -0.2) is 25.0 Å². The van der Waals surface area contributed by atoms with E-state index in [1.807, 2.05) is 44.2 Å². The van der Waals surface area contributed by atoms with Crippen LogP contribution in [0.2, 0.25) is 0 Å². The molecule has 1 N–H and O–H groups in total. The van der Waals surface area contributed by atoms with Crippen molar-refractivity contribution in [2.45, 2.75) is 52.5 Å². The monoisotopic (exact) mass is 367 g/mol. The van der Waals surface area contributed by atoms with E-state index in [1.54, 1.807) is 12.1 Å². The van der Waals surface area contributed by atoms with Gasteiger partial charge in [-0.1, -0.05) is 51.1 Å². The summed E-state index contributed by atoms with van der Waals surface area (Å²) in [6.07, 6.45) is 0.389. The Morgan fingerprint density at radius 1 is 1.00 bits per heavy atom. The lowest BCUT2D eigenvalue weighted by Gasteiger charge is -2.20. The van der Waals surface area contributed by atoms with Gasteiger partial charge in [-0.05, 0) is 53.6 Å². The van der Waals surface area contributed by atoms with Crippen molar-refractivity contribution in [3.8, 4) is 0 Å². The van der Waals surface area contributed by atoms with Crippen molar-refractivity contribution < 1.29 is 14.3 Å². The van der Waals surface area contributed by atoms with Gasteiger partial charge in [0.1, 0.15) is 6.04 Å². The first-order valence-electron chi connectivity index (χ1n) is 9.17. The second-order valence-electron chi connectivity index (χ2n) is 8.00. The van der Waals surface area contributed by atoms with Crippen LogP contribution in [0, 0.1) is 13.8 Å².